The Balaban J connectivity index is 2.09. The van der Waals surface area contributed by atoms with Crippen LogP contribution in [0.15, 0.2) is 53.3 Å². The van der Waals surface area contributed by atoms with Gasteiger partial charge in [-0.2, -0.15) is 5.10 Å². The molecule has 0 unspecified atom stereocenters. The largest absolute Gasteiger partial charge is 0.265 e. The second kappa shape index (κ2) is 8.99. The number of nitrogens with zero attached hydrogens (tertiary/aromatic N) is 4. The normalized spacial score (nSPS) is 16.8. The molecule has 2 aromatic carbocycles. The van der Waals surface area contributed by atoms with Gasteiger partial charge in [-0.05, 0) is 57.0 Å². The summed E-state index contributed by atoms with van der Waals surface area (Å²) in [6.07, 6.45) is 2.36. The van der Waals surface area contributed by atoms with Crippen LogP contribution < -0.4 is 5.30 Å². The lowest BCUT2D eigenvalue weighted by Gasteiger charge is -2.44. The number of aromatic nitrogens is 2. The van der Waals surface area contributed by atoms with Crippen molar-refractivity contribution in [1.82, 2.24) is 14.5 Å². The van der Waals surface area contributed by atoms with Gasteiger partial charge in [-0.25, -0.2) is 9.43 Å². The topological polar surface area (TPSA) is 33.4 Å². The fourth-order valence-corrected chi connectivity index (χ4v) is 9.87. The quantitative estimate of drug-likeness (QED) is 0.351. The molecule has 2 heterocycles. The molecule has 0 aliphatic carbocycles. The summed E-state index contributed by atoms with van der Waals surface area (Å²) < 4.78 is 10.3. The fourth-order valence-electron chi connectivity index (χ4n) is 4.78. The number of hydrogen-bond acceptors (Lipinski definition) is 2. The third-order valence-electron chi connectivity index (χ3n) is 6.15. The van der Waals surface area contributed by atoms with Gasteiger partial charge in [0.25, 0.3) is 0 Å². The Hall–Kier alpha value is -1.58. The molecule has 4 rings (SSSR count). The predicted molar refractivity (Wildman–Crippen MR) is 139 cm³/mol. The van der Waals surface area contributed by atoms with E-state index in [0.29, 0.717) is 10.0 Å². The van der Waals surface area contributed by atoms with Crippen molar-refractivity contribution in [3.63, 3.8) is 0 Å². The van der Waals surface area contributed by atoms with Crippen molar-refractivity contribution < 1.29 is 0 Å². The first-order chi connectivity index (χ1) is 15.1. The number of halogens is 2. The van der Waals surface area contributed by atoms with Gasteiger partial charge >= 0.3 is 0 Å². The van der Waals surface area contributed by atoms with Gasteiger partial charge in [0.1, 0.15) is 0 Å². The highest BCUT2D eigenvalue weighted by Gasteiger charge is 2.45. The molecule has 1 aliphatic rings. The van der Waals surface area contributed by atoms with E-state index in [2.05, 4.69) is 56.1 Å². The molecule has 0 amide bonds. The highest BCUT2D eigenvalue weighted by Crippen LogP contribution is 2.66. The van der Waals surface area contributed by atoms with E-state index in [-0.39, 0.29) is 5.16 Å². The molecule has 3 aromatic rings. The zero-order chi connectivity index (χ0) is 23.1. The summed E-state index contributed by atoms with van der Waals surface area (Å²) in [5.41, 5.74) is 4.00. The van der Waals surface area contributed by atoms with Gasteiger partial charge in [-0.1, -0.05) is 62.2 Å². The number of rotatable bonds is 4. The van der Waals surface area contributed by atoms with Crippen LogP contribution in [0, 0.1) is 13.8 Å². The van der Waals surface area contributed by atoms with Crippen molar-refractivity contribution in [2.75, 3.05) is 13.1 Å². The van der Waals surface area contributed by atoms with Gasteiger partial charge < -0.3 is 0 Å². The van der Waals surface area contributed by atoms with Crippen LogP contribution in [-0.2, 0) is 0 Å². The molecule has 1 saturated heterocycles. The van der Waals surface area contributed by atoms with Gasteiger partial charge in [-0.3, -0.25) is 4.67 Å². The summed E-state index contributed by atoms with van der Waals surface area (Å²) in [5, 5.41) is 7.43. The van der Waals surface area contributed by atoms with Gasteiger partial charge in [0.05, 0.1) is 40.3 Å². The molecule has 0 spiro atoms. The molecule has 0 saturated carbocycles. The Morgan fingerprint density at radius 2 is 1.62 bits per heavy atom. The van der Waals surface area contributed by atoms with Crippen LogP contribution in [0.3, 0.4) is 0 Å². The third kappa shape index (κ3) is 4.07. The average Bonchev–Trinajstić information content (AvgIpc) is 3.38. The van der Waals surface area contributed by atoms with Crippen molar-refractivity contribution in [2.45, 2.75) is 52.6 Å². The van der Waals surface area contributed by atoms with Crippen LogP contribution in [0.2, 0.25) is 10.0 Å². The molecule has 1 aliphatic heterocycles. The molecule has 1 aromatic heterocycles. The van der Waals surface area contributed by atoms with Gasteiger partial charge in [-0.15, -0.1) is 0 Å². The van der Waals surface area contributed by atoms with Crippen molar-refractivity contribution in [3.8, 4) is 5.69 Å². The Morgan fingerprint density at radius 1 is 0.969 bits per heavy atom. The van der Waals surface area contributed by atoms with Gasteiger partial charge in [0, 0.05) is 23.3 Å². The lowest BCUT2D eigenvalue weighted by atomic mass is 10.3. The van der Waals surface area contributed by atoms with Gasteiger partial charge in [0.2, 0.25) is 0 Å². The van der Waals surface area contributed by atoms with Crippen molar-refractivity contribution in [1.29, 1.82) is 0 Å². The van der Waals surface area contributed by atoms with E-state index in [1.807, 2.05) is 36.4 Å². The summed E-state index contributed by atoms with van der Waals surface area (Å²) >= 11 is 13.0. The Kier molecular flexibility index (Phi) is 6.62. The molecule has 0 N–H and O–H groups in total. The van der Waals surface area contributed by atoms with Crippen LogP contribution in [-0.4, -0.2) is 32.7 Å². The fraction of sp³-hybridized carbons (Fsp3) is 0.400. The van der Waals surface area contributed by atoms with Crippen LogP contribution >= 0.6 is 30.4 Å². The highest BCUT2D eigenvalue weighted by atomic mass is 35.5. The first-order valence-electron chi connectivity index (χ1n) is 11.1. The minimum absolute atomic E-state index is 0.122. The predicted octanol–water partition coefficient (Wildman–Crippen LogP) is 7.76. The molecule has 0 radical (unpaired) electrons. The standard InChI is InChI=1S/C25H31Cl2N4P/c1-18-24(19(2)31(28-18)21-11-7-6-8-12-21)32(25(3,4)5,30-15-9-10-16-30)29-23-17-20(26)13-14-22(23)27/h6-8,11-14,17H,9-10,15-16H2,1-5H3/t32-/m1/s1. The molecule has 170 valence electrons. The first-order valence-corrected chi connectivity index (χ1v) is 13.6. The second-order valence-corrected chi connectivity index (χ2v) is 14.0. The molecular formula is C25H31Cl2N4P. The van der Waals surface area contributed by atoms with Crippen LogP contribution in [0.4, 0.5) is 5.69 Å². The molecular weight excluding hydrogens is 458 g/mol. The van der Waals surface area contributed by atoms with Crippen LogP contribution in [0.25, 0.3) is 5.69 Å². The summed E-state index contributed by atoms with van der Waals surface area (Å²) in [6.45, 7) is 13.3. The molecule has 1 atom stereocenters. The molecule has 32 heavy (non-hydrogen) atoms. The average molecular weight is 489 g/mol. The maximum Gasteiger partial charge on any atom is 0.0834 e. The summed E-state index contributed by atoms with van der Waals surface area (Å²) in [6, 6.07) is 15.9. The van der Waals surface area contributed by atoms with Crippen LogP contribution in [0.5, 0.6) is 0 Å². The monoisotopic (exact) mass is 488 g/mol. The molecule has 1 fully saturated rings. The molecule has 7 heteroatoms. The summed E-state index contributed by atoms with van der Waals surface area (Å²) in [7, 11) is -2.29. The highest BCUT2D eigenvalue weighted by molar-refractivity contribution is 7.73. The molecule has 4 nitrogen and oxygen atoms in total. The Labute approximate surface area is 201 Å². The smallest absolute Gasteiger partial charge is 0.0834 e. The van der Waals surface area contributed by atoms with E-state index < -0.39 is 7.21 Å². The summed E-state index contributed by atoms with van der Waals surface area (Å²) in [4.78, 5) is 0. The minimum Gasteiger partial charge on any atom is -0.265 e. The van der Waals surface area contributed by atoms with Gasteiger partial charge in [0.15, 0.2) is 0 Å². The van der Waals surface area contributed by atoms with E-state index in [9.17, 15) is 0 Å². The number of benzene rings is 2. The number of hydrogen-bond donors (Lipinski definition) is 0. The molecule has 0 bridgehead atoms. The van der Waals surface area contributed by atoms with E-state index in [0.717, 1.165) is 35.9 Å². The van der Waals surface area contributed by atoms with Crippen molar-refractivity contribution in [2.24, 2.45) is 4.74 Å². The Morgan fingerprint density at radius 3 is 2.25 bits per heavy atom. The van der Waals surface area contributed by atoms with E-state index in [4.69, 9.17) is 33.0 Å². The third-order valence-corrected chi connectivity index (χ3v) is 11.6. The maximum absolute atomic E-state index is 6.65. The number of aryl methyl sites for hydroxylation is 1. The van der Waals surface area contributed by atoms with E-state index in [1.165, 1.54) is 18.1 Å². The van der Waals surface area contributed by atoms with Crippen molar-refractivity contribution >= 4 is 41.4 Å². The first kappa shape index (κ1) is 23.6. The minimum atomic E-state index is -2.29. The van der Waals surface area contributed by atoms with E-state index >= 15 is 0 Å². The van der Waals surface area contributed by atoms with Crippen LogP contribution in [0.1, 0.15) is 45.0 Å². The van der Waals surface area contributed by atoms with Crippen molar-refractivity contribution in [3.05, 3.63) is 70.0 Å². The lowest BCUT2D eigenvalue weighted by molar-refractivity contribution is 0.538. The number of para-hydroxylation sites is 1. The SMILES string of the molecule is Cc1nn(-c2ccccc2)c(C)c1[P@@](=Nc1cc(Cl)ccc1Cl)(N1CCCC1)C(C)(C)C. The summed E-state index contributed by atoms with van der Waals surface area (Å²) in [5.74, 6) is 0. The zero-order valence-corrected chi connectivity index (χ0v) is 21.8. The maximum atomic E-state index is 6.65. The zero-order valence-electron chi connectivity index (χ0n) is 19.4. The lowest BCUT2D eigenvalue weighted by Crippen LogP contribution is -2.36. The van der Waals surface area contributed by atoms with E-state index in [1.54, 1.807) is 0 Å². The Bertz CT molecular complexity index is 1170. The second-order valence-electron chi connectivity index (χ2n) is 9.40.